The smallest absolute Gasteiger partial charge is 0.456 e. The van der Waals surface area contributed by atoms with Gasteiger partial charge in [-0.3, -0.25) is 0 Å². The second kappa shape index (κ2) is 9.47. The molecule has 2 aromatic carbocycles. The molecule has 2 aliphatic heterocycles. The zero-order chi connectivity index (χ0) is 27.5. The van der Waals surface area contributed by atoms with Gasteiger partial charge in [-0.1, -0.05) is 12.1 Å². The van der Waals surface area contributed by atoms with Crippen LogP contribution in [0.4, 0.5) is 4.39 Å². The lowest BCUT2D eigenvalue weighted by atomic mass is 9.78. The summed E-state index contributed by atoms with van der Waals surface area (Å²) in [5, 5.41) is 0. The fourth-order valence-corrected chi connectivity index (χ4v) is 4.61. The van der Waals surface area contributed by atoms with Gasteiger partial charge in [-0.25, -0.2) is 14.2 Å². The molecule has 0 radical (unpaired) electrons. The number of esters is 1. The van der Waals surface area contributed by atoms with Crippen molar-refractivity contribution < 1.29 is 28.0 Å². The van der Waals surface area contributed by atoms with E-state index in [1.807, 2.05) is 65.2 Å². The fourth-order valence-electron chi connectivity index (χ4n) is 4.61. The standard InChI is InChI=1S/C29H36BFN2O5/c1-27(2,3)36-26(34)19-9-11-23-24(14-19)33(17-21-12-13-35-21)25(32-23)15-18-8-10-20(16-22(18)31)30-37-28(4,5)29(6,7)38-30/h8-11,14,16,21H,12-13,15,17H2,1-7H3/t21-/m0/s1. The summed E-state index contributed by atoms with van der Waals surface area (Å²) in [6.45, 7) is 14.7. The Bertz CT molecular complexity index is 1360. The summed E-state index contributed by atoms with van der Waals surface area (Å²) in [6.07, 6.45) is 1.30. The molecule has 1 aromatic heterocycles. The Morgan fingerprint density at radius 1 is 1.13 bits per heavy atom. The van der Waals surface area contributed by atoms with Crippen LogP contribution in [0.15, 0.2) is 36.4 Å². The number of halogens is 1. The van der Waals surface area contributed by atoms with Crippen LogP contribution in [0.2, 0.25) is 0 Å². The van der Waals surface area contributed by atoms with Crippen LogP contribution in [0, 0.1) is 5.82 Å². The first-order valence-electron chi connectivity index (χ1n) is 13.2. The minimum absolute atomic E-state index is 0.0620. The molecular formula is C29H36BFN2O5. The van der Waals surface area contributed by atoms with Crippen molar-refractivity contribution in [1.29, 1.82) is 0 Å². The summed E-state index contributed by atoms with van der Waals surface area (Å²) in [5.74, 6) is -0.0257. The molecular weight excluding hydrogens is 486 g/mol. The van der Waals surface area contributed by atoms with Crippen LogP contribution in [0.25, 0.3) is 11.0 Å². The quantitative estimate of drug-likeness (QED) is 0.342. The molecule has 2 aliphatic rings. The van der Waals surface area contributed by atoms with E-state index >= 15 is 4.39 Å². The largest absolute Gasteiger partial charge is 0.494 e. The number of carbonyl (C=O) groups is 1. The van der Waals surface area contributed by atoms with Gasteiger partial charge in [0.1, 0.15) is 17.2 Å². The molecule has 0 spiro atoms. The van der Waals surface area contributed by atoms with E-state index in [0.717, 1.165) is 24.1 Å². The SMILES string of the molecule is CC(C)(C)OC(=O)c1ccc2nc(Cc3ccc(B4OC(C)(C)C(C)(C)O4)cc3F)n(C[C@@H]3CCO3)c2c1. The van der Waals surface area contributed by atoms with Gasteiger partial charge in [0.25, 0.3) is 0 Å². The molecule has 2 fully saturated rings. The van der Waals surface area contributed by atoms with Crippen LogP contribution in [0.5, 0.6) is 0 Å². The van der Waals surface area contributed by atoms with E-state index in [0.29, 0.717) is 35.4 Å². The minimum Gasteiger partial charge on any atom is -0.456 e. The van der Waals surface area contributed by atoms with E-state index in [1.165, 1.54) is 6.07 Å². The van der Waals surface area contributed by atoms with Crippen molar-refractivity contribution >= 4 is 29.6 Å². The van der Waals surface area contributed by atoms with E-state index in [1.54, 1.807) is 18.2 Å². The van der Waals surface area contributed by atoms with Crippen molar-refractivity contribution in [2.75, 3.05) is 6.61 Å². The van der Waals surface area contributed by atoms with Crippen molar-refractivity contribution in [2.24, 2.45) is 0 Å². The number of nitrogens with zero attached hydrogens (tertiary/aromatic N) is 2. The molecule has 0 N–H and O–H groups in total. The maximum Gasteiger partial charge on any atom is 0.494 e. The van der Waals surface area contributed by atoms with Crippen LogP contribution < -0.4 is 5.46 Å². The number of hydrogen-bond donors (Lipinski definition) is 0. The maximum absolute atomic E-state index is 15.4. The highest BCUT2D eigenvalue weighted by Gasteiger charge is 2.51. The molecule has 3 aromatic rings. The molecule has 3 heterocycles. The van der Waals surface area contributed by atoms with Crippen LogP contribution >= 0.6 is 0 Å². The Morgan fingerprint density at radius 2 is 1.82 bits per heavy atom. The Balaban J connectivity index is 1.44. The van der Waals surface area contributed by atoms with Crippen LogP contribution in [-0.2, 0) is 31.7 Å². The number of imidazole rings is 1. The van der Waals surface area contributed by atoms with Gasteiger partial charge in [0.15, 0.2) is 0 Å². The van der Waals surface area contributed by atoms with Gasteiger partial charge in [0.2, 0.25) is 0 Å². The lowest BCUT2D eigenvalue weighted by Gasteiger charge is -2.32. The van der Waals surface area contributed by atoms with E-state index in [-0.39, 0.29) is 11.9 Å². The van der Waals surface area contributed by atoms with Crippen molar-refractivity contribution in [3.63, 3.8) is 0 Å². The highest BCUT2D eigenvalue weighted by molar-refractivity contribution is 6.62. The second-order valence-electron chi connectivity index (χ2n) is 12.2. The first-order chi connectivity index (χ1) is 17.7. The zero-order valence-corrected chi connectivity index (χ0v) is 23.3. The summed E-state index contributed by atoms with van der Waals surface area (Å²) < 4.78 is 40.9. The van der Waals surface area contributed by atoms with E-state index < -0.39 is 29.9 Å². The number of carbonyl (C=O) groups excluding carboxylic acids is 1. The number of ether oxygens (including phenoxy) is 2. The van der Waals surface area contributed by atoms with Crippen molar-refractivity contribution in [3.05, 3.63) is 59.2 Å². The zero-order valence-electron chi connectivity index (χ0n) is 23.3. The molecule has 2 saturated heterocycles. The molecule has 0 unspecified atom stereocenters. The number of hydrogen-bond acceptors (Lipinski definition) is 6. The van der Waals surface area contributed by atoms with Gasteiger partial charge in [0, 0.05) is 13.0 Å². The van der Waals surface area contributed by atoms with Gasteiger partial charge in [-0.05, 0) is 90.2 Å². The topological polar surface area (TPSA) is 71.8 Å². The number of rotatable bonds is 6. The van der Waals surface area contributed by atoms with Gasteiger partial charge in [-0.2, -0.15) is 0 Å². The normalized spacial score (nSPS) is 20.5. The minimum atomic E-state index is -0.629. The Hall–Kier alpha value is -2.75. The van der Waals surface area contributed by atoms with Gasteiger partial charge in [0.05, 0.1) is 40.4 Å². The van der Waals surface area contributed by atoms with Gasteiger partial charge >= 0.3 is 13.1 Å². The molecule has 9 heteroatoms. The van der Waals surface area contributed by atoms with Crippen molar-refractivity contribution in [2.45, 2.75) is 90.8 Å². The molecule has 202 valence electrons. The molecule has 0 aliphatic carbocycles. The highest BCUT2D eigenvalue weighted by atomic mass is 19.1. The third kappa shape index (κ3) is 5.24. The average molecular weight is 522 g/mol. The number of aromatic nitrogens is 2. The molecule has 7 nitrogen and oxygen atoms in total. The fraction of sp³-hybridized carbons (Fsp3) is 0.517. The summed E-state index contributed by atoms with van der Waals surface area (Å²) in [7, 11) is -0.629. The van der Waals surface area contributed by atoms with Gasteiger partial charge in [-0.15, -0.1) is 0 Å². The molecule has 5 rings (SSSR count). The Kier molecular flexibility index (Phi) is 6.69. The first-order valence-corrected chi connectivity index (χ1v) is 13.2. The van der Waals surface area contributed by atoms with Crippen molar-refractivity contribution in [3.8, 4) is 0 Å². The highest BCUT2D eigenvalue weighted by Crippen LogP contribution is 2.36. The summed E-state index contributed by atoms with van der Waals surface area (Å²) in [6, 6.07) is 10.4. The third-order valence-electron chi connectivity index (χ3n) is 7.59. The van der Waals surface area contributed by atoms with E-state index in [2.05, 4.69) is 0 Å². The molecule has 0 bridgehead atoms. The maximum atomic E-state index is 15.4. The average Bonchev–Trinajstić information content (AvgIpc) is 3.22. The van der Waals surface area contributed by atoms with Crippen LogP contribution in [0.3, 0.4) is 0 Å². The summed E-state index contributed by atoms with van der Waals surface area (Å²) >= 11 is 0. The van der Waals surface area contributed by atoms with Crippen molar-refractivity contribution in [1.82, 2.24) is 9.55 Å². The van der Waals surface area contributed by atoms with E-state index in [9.17, 15) is 4.79 Å². The lowest BCUT2D eigenvalue weighted by Crippen LogP contribution is -2.41. The van der Waals surface area contributed by atoms with Crippen LogP contribution in [0.1, 0.15) is 76.6 Å². The monoisotopic (exact) mass is 522 g/mol. The summed E-state index contributed by atoms with van der Waals surface area (Å²) in [5.41, 5.74) is 1.55. The molecule has 1 atom stereocenters. The number of fused-ring (bicyclic) bond motifs is 1. The third-order valence-corrected chi connectivity index (χ3v) is 7.59. The summed E-state index contributed by atoms with van der Waals surface area (Å²) in [4.78, 5) is 17.5. The number of benzene rings is 2. The first kappa shape index (κ1) is 26.8. The Morgan fingerprint density at radius 3 is 2.39 bits per heavy atom. The predicted octanol–water partition coefficient (Wildman–Crippen LogP) is 4.81. The molecule has 0 amide bonds. The second-order valence-corrected chi connectivity index (χ2v) is 12.2. The lowest BCUT2D eigenvalue weighted by molar-refractivity contribution is -0.0589. The van der Waals surface area contributed by atoms with Crippen LogP contribution in [-0.4, -0.2) is 52.2 Å². The van der Waals surface area contributed by atoms with E-state index in [4.69, 9.17) is 23.8 Å². The van der Waals surface area contributed by atoms with Gasteiger partial charge < -0.3 is 23.3 Å². The molecule has 38 heavy (non-hydrogen) atoms. The predicted molar refractivity (Wildman–Crippen MR) is 144 cm³/mol. The Labute approximate surface area is 223 Å². The molecule has 0 saturated carbocycles.